The monoisotopic (exact) mass is 632 g/mol. The molecule has 2 saturated heterocycles. The van der Waals surface area contributed by atoms with Gasteiger partial charge in [-0.05, 0) is 65.3 Å². The van der Waals surface area contributed by atoms with Gasteiger partial charge >= 0.3 is 12.2 Å². The summed E-state index contributed by atoms with van der Waals surface area (Å²) in [6, 6.07) is 9.09. The Balaban J connectivity index is 1.22. The van der Waals surface area contributed by atoms with Crippen molar-refractivity contribution in [1.82, 2.24) is 29.7 Å². The van der Waals surface area contributed by atoms with E-state index in [0.29, 0.717) is 56.9 Å². The van der Waals surface area contributed by atoms with Gasteiger partial charge < -0.3 is 29.0 Å². The molecule has 3 fully saturated rings. The Kier molecular flexibility index (Phi) is 8.48. The molecular weight excluding hydrogens is 596 g/mol. The van der Waals surface area contributed by atoms with Crippen LogP contribution in [-0.4, -0.2) is 88.6 Å². The SMILES string of the molecule is Cn1cncc1[C@H](NC(=O)OCC1CC1)C1=Cc2cccnc2[C@@H](N2CCN(C(=O)O[C@@H]3CCOC3)CC2)c2ccc(Cl)cc21. The third-order valence-corrected chi connectivity index (χ3v) is 9.26. The van der Waals surface area contributed by atoms with Crippen LogP contribution in [0.2, 0.25) is 5.02 Å². The second-order valence-electron chi connectivity index (χ2n) is 12.2. The molecule has 2 amide bonds. The summed E-state index contributed by atoms with van der Waals surface area (Å²) in [7, 11) is 1.91. The van der Waals surface area contributed by atoms with E-state index in [-0.39, 0.29) is 18.2 Å². The van der Waals surface area contributed by atoms with Gasteiger partial charge in [-0.1, -0.05) is 23.7 Å². The summed E-state index contributed by atoms with van der Waals surface area (Å²) in [4.78, 5) is 39.5. The molecule has 0 bridgehead atoms. The van der Waals surface area contributed by atoms with Crippen LogP contribution < -0.4 is 5.32 Å². The number of ether oxygens (including phenoxy) is 3. The summed E-state index contributed by atoms with van der Waals surface area (Å²) in [6.07, 6.45) is 9.35. The summed E-state index contributed by atoms with van der Waals surface area (Å²) < 4.78 is 18.6. The molecule has 4 heterocycles. The fourth-order valence-corrected chi connectivity index (χ4v) is 6.55. The number of hydrogen-bond donors (Lipinski definition) is 1. The topological polar surface area (TPSA) is 111 Å². The predicted octanol–water partition coefficient (Wildman–Crippen LogP) is 4.83. The van der Waals surface area contributed by atoms with Crippen LogP contribution in [0.1, 0.15) is 59.4 Å². The molecule has 1 aromatic carbocycles. The molecule has 0 unspecified atom stereocenters. The van der Waals surface area contributed by atoms with Crippen molar-refractivity contribution in [2.75, 3.05) is 46.0 Å². The Hall–Kier alpha value is -3.93. The van der Waals surface area contributed by atoms with Gasteiger partial charge in [0.25, 0.3) is 0 Å². The number of carbonyl (C=O) groups is 2. The smallest absolute Gasteiger partial charge is 0.410 e. The van der Waals surface area contributed by atoms with E-state index in [4.69, 9.17) is 30.8 Å². The van der Waals surface area contributed by atoms with E-state index in [1.807, 2.05) is 48.1 Å². The first-order chi connectivity index (χ1) is 21.9. The molecule has 2 aliphatic heterocycles. The molecule has 236 valence electrons. The van der Waals surface area contributed by atoms with Gasteiger partial charge in [-0.3, -0.25) is 9.88 Å². The van der Waals surface area contributed by atoms with Crippen molar-refractivity contribution in [3.05, 3.63) is 82.2 Å². The quantitative estimate of drug-likeness (QED) is 0.394. The Labute approximate surface area is 267 Å². The van der Waals surface area contributed by atoms with E-state index in [9.17, 15) is 9.59 Å². The van der Waals surface area contributed by atoms with E-state index < -0.39 is 12.1 Å². The number of alkyl carbamates (subject to hydrolysis) is 1. The second kappa shape index (κ2) is 12.8. The van der Waals surface area contributed by atoms with Gasteiger partial charge in [0.1, 0.15) is 6.10 Å². The zero-order valence-electron chi connectivity index (χ0n) is 25.2. The number of piperazine rings is 1. The Bertz CT molecular complexity index is 1590. The average molecular weight is 633 g/mol. The molecule has 3 atom stereocenters. The van der Waals surface area contributed by atoms with Gasteiger partial charge in [-0.25, -0.2) is 14.6 Å². The zero-order valence-corrected chi connectivity index (χ0v) is 26.0. The lowest BCUT2D eigenvalue weighted by molar-refractivity contribution is 0.0366. The number of hydrogen-bond acceptors (Lipinski definition) is 8. The third kappa shape index (κ3) is 6.43. The normalized spacial score (nSPS) is 22.1. The number of amides is 2. The van der Waals surface area contributed by atoms with Crippen molar-refractivity contribution in [2.45, 2.75) is 37.5 Å². The lowest BCUT2D eigenvalue weighted by Crippen LogP contribution is -2.50. The molecule has 11 nitrogen and oxygen atoms in total. The van der Waals surface area contributed by atoms with Crippen LogP contribution in [-0.2, 0) is 21.3 Å². The van der Waals surface area contributed by atoms with Crippen LogP contribution in [0, 0.1) is 5.92 Å². The molecule has 4 aliphatic rings. The molecule has 45 heavy (non-hydrogen) atoms. The number of aryl methyl sites for hydroxylation is 1. The van der Waals surface area contributed by atoms with Gasteiger partial charge in [0.15, 0.2) is 0 Å². The number of rotatable bonds is 7. The van der Waals surface area contributed by atoms with Gasteiger partial charge in [-0.15, -0.1) is 0 Å². The first kappa shape index (κ1) is 29.8. The summed E-state index contributed by atoms with van der Waals surface area (Å²) in [5.41, 5.74) is 5.42. The Morgan fingerprint density at radius 3 is 2.73 bits per heavy atom. The first-order valence-corrected chi connectivity index (χ1v) is 16.0. The number of imidazole rings is 1. The van der Waals surface area contributed by atoms with Gasteiger partial charge in [0, 0.05) is 50.9 Å². The van der Waals surface area contributed by atoms with E-state index in [1.54, 1.807) is 17.4 Å². The molecule has 3 aromatic rings. The first-order valence-electron chi connectivity index (χ1n) is 15.6. The molecular formula is C33H37ClN6O5. The standard InChI is InChI=1S/C33H37ClN6O5/c1-38-20-35-17-28(38)30(37-32(41)44-18-21-4-5-21)27-15-22-3-2-9-36-29(22)31(25-7-6-23(34)16-26(25)27)39-10-12-40(13-11-39)33(42)45-24-8-14-43-19-24/h2-3,6-7,9,15-17,20-21,24,30-31H,4-5,8,10-14,18-19H2,1H3,(H,37,41)/t24-,30-,31+/m1/s1. The minimum Gasteiger partial charge on any atom is -0.449 e. The van der Waals surface area contributed by atoms with E-state index in [2.05, 4.69) is 21.3 Å². The van der Waals surface area contributed by atoms with Crippen LogP contribution in [0.4, 0.5) is 9.59 Å². The Morgan fingerprint density at radius 1 is 1.16 bits per heavy atom. The number of nitrogens with one attached hydrogen (secondary N) is 1. The number of benzene rings is 1. The van der Waals surface area contributed by atoms with Crippen molar-refractivity contribution < 1.29 is 23.8 Å². The van der Waals surface area contributed by atoms with Gasteiger partial charge in [0.2, 0.25) is 0 Å². The summed E-state index contributed by atoms with van der Waals surface area (Å²) in [5, 5.41) is 3.72. The maximum Gasteiger partial charge on any atom is 0.410 e. The number of fused-ring (bicyclic) bond motifs is 2. The van der Waals surface area contributed by atoms with E-state index in [0.717, 1.165) is 52.9 Å². The van der Waals surface area contributed by atoms with Crippen molar-refractivity contribution in [2.24, 2.45) is 13.0 Å². The number of carbonyl (C=O) groups excluding carboxylic acids is 2. The molecule has 2 aromatic heterocycles. The molecule has 1 N–H and O–H groups in total. The van der Waals surface area contributed by atoms with Crippen molar-refractivity contribution in [1.29, 1.82) is 0 Å². The van der Waals surface area contributed by atoms with Crippen molar-refractivity contribution in [3.8, 4) is 0 Å². The highest BCUT2D eigenvalue weighted by Crippen LogP contribution is 2.44. The van der Waals surface area contributed by atoms with Gasteiger partial charge in [-0.2, -0.15) is 0 Å². The number of halogens is 1. The summed E-state index contributed by atoms with van der Waals surface area (Å²) in [6.45, 7) is 3.81. The molecule has 7 rings (SSSR count). The van der Waals surface area contributed by atoms with Crippen LogP contribution >= 0.6 is 11.6 Å². The number of aromatic nitrogens is 3. The van der Waals surface area contributed by atoms with Crippen LogP contribution in [0.3, 0.4) is 0 Å². The van der Waals surface area contributed by atoms with Gasteiger partial charge in [0.05, 0.1) is 55.8 Å². The van der Waals surface area contributed by atoms with E-state index >= 15 is 0 Å². The minimum atomic E-state index is -0.570. The van der Waals surface area contributed by atoms with Crippen LogP contribution in [0.15, 0.2) is 49.1 Å². The highest BCUT2D eigenvalue weighted by atomic mass is 35.5. The highest BCUT2D eigenvalue weighted by Gasteiger charge is 2.37. The minimum absolute atomic E-state index is 0.179. The molecule has 1 saturated carbocycles. The van der Waals surface area contributed by atoms with Crippen LogP contribution in [0.5, 0.6) is 0 Å². The summed E-state index contributed by atoms with van der Waals surface area (Å²) in [5.74, 6) is 0.445. The van der Waals surface area contributed by atoms with Crippen molar-refractivity contribution in [3.63, 3.8) is 0 Å². The molecule has 2 aliphatic carbocycles. The predicted molar refractivity (Wildman–Crippen MR) is 167 cm³/mol. The maximum atomic E-state index is 13.2. The fourth-order valence-electron chi connectivity index (χ4n) is 6.38. The Morgan fingerprint density at radius 2 is 2.00 bits per heavy atom. The molecule has 0 spiro atoms. The summed E-state index contributed by atoms with van der Waals surface area (Å²) >= 11 is 6.67. The molecule has 12 heteroatoms. The highest BCUT2D eigenvalue weighted by molar-refractivity contribution is 6.30. The fraction of sp³-hybridized carbons (Fsp3) is 0.455. The lowest BCUT2D eigenvalue weighted by Gasteiger charge is -2.39. The average Bonchev–Trinajstić information content (AvgIpc) is 3.61. The number of nitrogens with zero attached hydrogens (tertiary/aromatic N) is 5. The second-order valence-corrected chi connectivity index (χ2v) is 12.6. The zero-order chi connectivity index (χ0) is 30.9. The van der Waals surface area contributed by atoms with Crippen molar-refractivity contribution >= 4 is 35.4 Å². The number of pyridine rings is 1. The maximum absolute atomic E-state index is 13.2. The largest absolute Gasteiger partial charge is 0.449 e. The van der Waals surface area contributed by atoms with E-state index in [1.165, 1.54) is 0 Å². The third-order valence-electron chi connectivity index (χ3n) is 9.03. The van der Waals surface area contributed by atoms with Crippen LogP contribution in [0.25, 0.3) is 11.6 Å². The lowest BCUT2D eigenvalue weighted by atomic mass is 9.90. The molecule has 0 radical (unpaired) electrons.